The molecule has 0 saturated carbocycles. The molecule has 0 bridgehead atoms. The number of piperidine rings is 1. The van der Waals surface area contributed by atoms with Gasteiger partial charge in [-0.3, -0.25) is 9.36 Å². The van der Waals surface area contributed by atoms with Crippen molar-refractivity contribution in [1.29, 1.82) is 0 Å². The number of carbonyl (C=O) groups excluding carboxylic acids is 1. The minimum atomic E-state index is -0.0910. The van der Waals surface area contributed by atoms with Gasteiger partial charge in [-0.1, -0.05) is 60.7 Å². The molecular formula is C26H32N4O2. The molecular weight excluding hydrogens is 400 g/mol. The van der Waals surface area contributed by atoms with Gasteiger partial charge in [-0.25, -0.2) is 9.48 Å². The smallest absolute Gasteiger partial charge is 0.342 e. The van der Waals surface area contributed by atoms with Crippen molar-refractivity contribution < 1.29 is 4.79 Å². The molecule has 4 rings (SSSR count). The van der Waals surface area contributed by atoms with Gasteiger partial charge in [0, 0.05) is 44.4 Å². The predicted molar refractivity (Wildman–Crippen MR) is 126 cm³/mol. The maximum Gasteiger partial charge on any atom is 0.345 e. The highest BCUT2D eigenvalue weighted by Gasteiger charge is 2.31. The molecule has 1 aliphatic heterocycles. The van der Waals surface area contributed by atoms with Crippen molar-refractivity contribution in [2.45, 2.75) is 51.0 Å². The number of rotatable bonds is 6. The minimum absolute atomic E-state index is 0.0222. The third-order valence-electron chi connectivity index (χ3n) is 6.42. The van der Waals surface area contributed by atoms with E-state index in [1.54, 1.807) is 11.6 Å². The van der Waals surface area contributed by atoms with Crippen molar-refractivity contribution in [3.05, 3.63) is 88.1 Å². The topological polar surface area (TPSA) is 60.1 Å². The monoisotopic (exact) mass is 432 g/mol. The van der Waals surface area contributed by atoms with Crippen LogP contribution in [-0.2, 0) is 11.8 Å². The molecule has 1 unspecified atom stereocenters. The largest absolute Gasteiger partial charge is 0.345 e. The van der Waals surface area contributed by atoms with Crippen LogP contribution >= 0.6 is 0 Å². The molecule has 2 aromatic carbocycles. The fraction of sp³-hybridized carbons (Fsp3) is 0.423. The number of likely N-dealkylation sites (tertiary alicyclic amines) is 1. The summed E-state index contributed by atoms with van der Waals surface area (Å²) in [6.45, 7) is 5.37. The van der Waals surface area contributed by atoms with Crippen LogP contribution in [0, 0.1) is 0 Å². The van der Waals surface area contributed by atoms with E-state index in [4.69, 9.17) is 0 Å². The van der Waals surface area contributed by atoms with Crippen LogP contribution in [0.25, 0.3) is 0 Å². The van der Waals surface area contributed by atoms with E-state index in [1.165, 1.54) is 4.68 Å². The van der Waals surface area contributed by atoms with E-state index in [-0.39, 0.29) is 29.5 Å². The molecule has 0 radical (unpaired) electrons. The van der Waals surface area contributed by atoms with Crippen LogP contribution in [-0.4, -0.2) is 38.2 Å². The summed E-state index contributed by atoms with van der Waals surface area (Å²) in [6, 6.07) is 20.5. The van der Waals surface area contributed by atoms with Gasteiger partial charge in [0.2, 0.25) is 5.91 Å². The zero-order valence-corrected chi connectivity index (χ0v) is 19.1. The maximum absolute atomic E-state index is 13.5. The molecule has 6 heteroatoms. The number of hydrogen-bond acceptors (Lipinski definition) is 3. The van der Waals surface area contributed by atoms with Crippen molar-refractivity contribution in [2.24, 2.45) is 7.05 Å². The molecule has 1 fully saturated rings. The third kappa shape index (κ3) is 4.54. The van der Waals surface area contributed by atoms with Crippen LogP contribution < -0.4 is 5.69 Å². The second-order valence-corrected chi connectivity index (χ2v) is 8.99. The summed E-state index contributed by atoms with van der Waals surface area (Å²) in [6.07, 6.45) is 2.29. The highest BCUT2D eigenvalue weighted by Crippen LogP contribution is 2.31. The molecule has 1 amide bonds. The van der Waals surface area contributed by atoms with Crippen LogP contribution in [0.2, 0.25) is 0 Å². The van der Waals surface area contributed by atoms with E-state index in [0.717, 1.165) is 36.3 Å². The van der Waals surface area contributed by atoms with E-state index in [2.05, 4.69) is 29.4 Å². The summed E-state index contributed by atoms with van der Waals surface area (Å²) in [4.78, 5) is 28.0. The summed E-state index contributed by atoms with van der Waals surface area (Å²) in [7, 11) is 1.70. The first kappa shape index (κ1) is 22.1. The zero-order valence-electron chi connectivity index (χ0n) is 19.1. The number of nitrogens with zero attached hydrogens (tertiary/aromatic N) is 4. The average Bonchev–Trinajstić information content (AvgIpc) is 3.13. The first-order chi connectivity index (χ1) is 15.5. The maximum atomic E-state index is 13.5. The second kappa shape index (κ2) is 9.55. The Kier molecular flexibility index (Phi) is 6.58. The summed E-state index contributed by atoms with van der Waals surface area (Å²) >= 11 is 0. The predicted octanol–water partition coefficient (Wildman–Crippen LogP) is 4.09. The van der Waals surface area contributed by atoms with Crippen molar-refractivity contribution in [3.63, 3.8) is 0 Å². The van der Waals surface area contributed by atoms with Crippen molar-refractivity contribution in [1.82, 2.24) is 19.2 Å². The molecule has 0 spiro atoms. The fourth-order valence-corrected chi connectivity index (χ4v) is 4.78. The Hall–Kier alpha value is -3.15. The summed E-state index contributed by atoms with van der Waals surface area (Å²) < 4.78 is 3.19. The molecule has 2 heterocycles. The fourth-order valence-electron chi connectivity index (χ4n) is 4.78. The van der Waals surface area contributed by atoms with Gasteiger partial charge in [0.05, 0.1) is 0 Å². The Morgan fingerprint density at radius 3 is 2.19 bits per heavy atom. The van der Waals surface area contributed by atoms with Gasteiger partial charge < -0.3 is 4.90 Å². The Labute approximate surface area is 189 Å². The first-order valence-electron chi connectivity index (χ1n) is 11.5. The summed E-state index contributed by atoms with van der Waals surface area (Å²) in [5, 5.41) is 4.53. The highest BCUT2D eigenvalue weighted by atomic mass is 16.2. The Morgan fingerprint density at radius 2 is 1.62 bits per heavy atom. The number of benzene rings is 2. The van der Waals surface area contributed by atoms with Gasteiger partial charge in [-0.05, 0) is 37.8 Å². The van der Waals surface area contributed by atoms with Crippen molar-refractivity contribution in [3.8, 4) is 0 Å². The van der Waals surface area contributed by atoms with Gasteiger partial charge >= 0.3 is 5.69 Å². The molecule has 1 aliphatic rings. The zero-order chi connectivity index (χ0) is 22.7. The van der Waals surface area contributed by atoms with Gasteiger partial charge in [-0.2, -0.15) is 5.10 Å². The quantitative estimate of drug-likeness (QED) is 0.589. The number of amides is 1. The molecule has 1 atom stereocenters. The lowest BCUT2D eigenvalue weighted by atomic mass is 9.87. The van der Waals surface area contributed by atoms with E-state index < -0.39 is 0 Å². The average molecular weight is 433 g/mol. The van der Waals surface area contributed by atoms with Crippen LogP contribution in [0.5, 0.6) is 0 Å². The molecule has 32 heavy (non-hydrogen) atoms. The lowest BCUT2D eigenvalue weighted by molar-refractivity contribution is -0.132. The van der Waals surface area contributed by atoms with Crippen LogP contribution in [0.1, 0.15) is 67.9 Å². The van der Waals surface area contributed by atoms with E-state index in [9.17, 15) is 9.59 Å². The molecule has 1 saturated heterocycles. The van der Waals surface area contributed by atoms with Crippen molar-refractivity contribution >= 4 is 5.91 Å². The van der Waals surface area contributed by atoms with E-state index >= 15 is 0 Å². The Morgan fingerprint density at radius 1 is 1.03 bits per heavy atom. The minimum Gasteiger partial charge on any atom is -0.342 e. The van der Waals surface area contributed by atoms with E-state index in [0.29, 0.717) is 13.0 Å². The number of carbonyl (C=O) groups is 1. The molecule has 0 N–H and O–H groups in total. The molecule has 168 valence electrons. The third-order valence-corrected chi connectivity index (χ3v) is 6.42. The lowest BCUT2D eigenvalue weighted by Crippen LogP contribution is -2.40. The second-order valence-electron chi connectivity index (χ2n) is 8.99. The number of aryl methyl sites for hydroxylation is 1. The van der Waals surface area contributed by atoms with Crippen LogP contribution in [0.4, 0.5) is 0 Å². The Balaban J connectivity index is 1.55. The van der Waals surface area contributed by atoms with E-state index in [1.807, 2.05) is 55.1 Å². The first-order valence-corrected chi connectivity index (χ1v) is 11.5. The Bertz CT molecular complexity index is 1060. The van der Waals surface area contributed by atoms with Gasteiger partial charge in [0.1, 0.15) is 5.82 Å². The van der Waals surface area contributed by atoms with Gasteiger partial charge in [-0.15, -0.1) is 0 Å². The molecule has 0 aliphatic carbocycles. The normalized spacial score (nSPS) is 16.7. The van der Waals surface area contributed by atoms with Crippen LogP contribution in [0.3, 0.4) is 0 Å². The lowest BCUT2D eigenvalue weighted by Gasteiger charge is -2.33. The standard InChI is InChI=1S/C26H32N4O2/c1-19(2)30-25(27-28(3)26(30)32)22-15-10-16-29(18-22)24(31)17-23(20-11-6-4-7-12-20)21-13-8-5-9-14-21/h4-9,11-14,19,22-23H,10,15-18H2,1-3H3. The van der Waals surface area contributed by atoms with Crippen molar-refractivity contribution in [2.75, 3.05) is 13.1 Å². The molecule has 6 nitrogen and oxygen atoms in total. The van der Waals surface area contributed by atoms with Gasteiger partial charge in [0.15, 0.2) is 0 Å². The van der Waals surface area contributed by atoms with Gasteiger partial charge in [0.25, 0.3) is 0 Å². The SMILES string of the molecule is CC(C)n1c(C2CCCN(C(=O)CC(c3ccccc3)c3ccccc3)C2)nn(C)c1=O. The number of aromatic nitrogens is 3. The van der Waals surface area contributed by atoms with Crippen LogP contribution in [0.15, 0.2) is 65.5 Å². The highest BCUT2D eigenvalue weighted by molar-refractivity contribution is 5.78. The number of hydrogen-bond donors (Lipinski definition) is 0. The molecule has 1 aromatic heterocycles. The summed E-state index contributed by atoms with van der Waals surface area (Å²) in [5.74, 6) is 1.05. The molecule has 3 aromatic rings. The summed E-state index contributed by atoms with van der Waals surface area (Å²) in [5.41, 5.74) is 2.21.